The van der Waals surface area contributed by atoms with Crippen molar-refractivity contribution < 1.29 is 43.6 Å². The lowest BCUT2D eigenvalue weighted by Gasteiger charge is -2.28. The number of hydrogen-bond acceptors (Lipinski definition) is 9. The summed E-state index contributed by atoms with van der Waals surface area (Å²) in [4.78, 5) is 50.3. The molecule has 214 valence electrons. The van der Waals surface area contributed by atoms with E-state index < -0.39 is 53.9 Å². The molecule has 0 saturated heterocycles. The lowest BCUT2D eigenvalue weighted by Crippen LogP contribution is -2.36. The third kappa shape index (κ3) is 8.22. The van der Waals surface area contributed by atoms with Gasteiger partial charge in [0.2, 0.25) is 11.6 Å². The van der Waals surface area contributed by atoms with Gasteiger partial charge in [0.1, 0.15) is 6.10 Å². The van der Waals surface area contributed by atoms with Crippen LogP contribution in [0.2, 0.25) is 0 Å². The van der Waals surface area contributed by atoms with Crippen molar-refractivity contribution in [3.63, 3.8) is 0 Å². The maximum atomic E-state index is 13.2. The number of ether oxygens (including phenoxy) is 3. The number of amides is 2. The Kier molecular flexibility index (Phi) is 11.4. The number of ketones is 2. The fourth-order valence-electron chi connectivity index (χ4n) is 4.57. The Morgan fingerprint density at radius 1 is 1.13 bits per heavy atom. The molecule has 2 amide bonds. The number of Topliss-reactive ketones (excluding diaryl/α,β-unsaturated/α-hetero) is 1. The van der Waals surface area contributed by atoms with Gasteiger partial charge in [-0.05, 0) is 38.2 Å². The van der Waals surface area contributed by atoms with Crippen LogP contribution in [-0.4, -0.2) is 72.4 Å². The Morgan fingerprint density at radius 2 is 1.79 bits per heavy atom. The summed E-state index contributed by atoms with van der Waals surface area (Å²) >= 11 is 0. The van der Waals surface area contributed by atoms with Gasteiger partial charge in [0.05, 0.1) is 25.0 Å². The Hall–Kier alpha value is -3.54. The standard InChI is InChI=1S/C28H38N2O9/c1-14-10-18-24(34)19(13-21(32)26(18)38-6)30-27(35)15(2)8-7-9-22(37-5)25(39-28(29)36)17(4)12-16(3)23(33)20(31)11-14/h7-9,12-14,16,20,22-23,25,31,33H,10-11H2,1-6H3,(H2,29,36)(H,30,35)/b9-7+,15-8+,17-12+/t14-,16+,20+,22-,23+,25-/m0/s1. The Labute approximate surface area is 228 Å². The van der Waals surface area contributed by atoms with Crippen molar-refractivity contribution in [1.82, 2.24) is 5.32 Å². The number of carbonyl (C=O) groups is 4. The minimum Gasteiger partial charge on any atom is -0.492 e. The molecule has 0 radical (unpaired) electrons. The second-order valence-corrected chi connectivity index (χ2v) is 9.88. The first-order valence-electron chi connectivity index (χ1n) is 12.6. The van der Waals surface area contributed by atoms with Crippen molar-refractivity contribution in [1.29, 1.82) is 0 Å². The molecule has 0 aromatic rings. The van der Waals surface area contributed by atoms with Crippen LogP contribution in [0.5, 0.6) is 0 Å². The predicted octanol–water partition coefficient (Wildman–Crippen LogP) is 1.75. The summed E-state index contributed by atoms with van der Waals surface area (Å²) in [7, 11) is 2.68. The summed E-state index contributed by atoms with van der Waals surface area (Å²) in [5, 5.41) is 24.1. The quantitative estimate of drug-likeness (QED) is 0.304. The third-order valence-corrected chi connectivity index (χ3v) is 6.67. The molecule has 0 aromatic heterocycles. The van der Waals surface area contributed by atoms with Gasteiger partial charge in [0, 0.05) is 30.2 Å². The molecule has 2 rings (SSSR count). The molecule has 1 aliphatic heterocycles. The highest BCUT2D eigenvalue weighted by molar-refractivity contribution is 6.23. The molecule has 0 spiro atoms. The monoisotopic (exact) mass is 546 g/mol. The number of aliphatic hydroxyl groups excluding tert-OH is 2. The number of aliphatic hydroxyl groups is 2. The summed E-state index contributed by atoms with van der Waals surface area (Å²) in [5.74, 6) is -2.80. The molecular weight excluding hydrogens is 508 g/mol. The van der Waals surface area contributed by atoms with Crippen LogP contribution in [-0.2, 0) is 28.6 Å². The largest absolute Gasteiger partial charge is 0.492 e. The number of fused-ring (bicyclic) bond motifs is 2. The van der Waals surface area contributed by atoms with Crippen LogP contribution >= 0.6 is 0 Å². The Balaban J connectivity index is 2.57. The van der Waals surface area contributed by atoms with Crippen LogP contribution in [0, 0.1) is 11.8 Å². The van der Waals surface area contributed by atoms with Crippen LogP contribution in [0.1, 0.15) is 40.5 Å². The van der Waals surface area contributed by atoms with Gasteiger partial charge in [0.15, 0.2) is 11.9 Å². The summed E-state index contributed by atoms with van der Waals surface area (Å²) in [6.45, 7) is 6.65. The normalized spacial score (nSPS) is 33.2. The van der Waals surface area contributed by atoms with E-state index in [0.29, 0.717) is 5.57 Å². The molecule has 0 unspecified atom stereocenters. The average molecular weight is 547 g/mol. The molecule has 1 aliphatic carbocycles. The number of primary amides is 1. The minimum absolute atomic E-state index is 0.0651. The van der Waals surface area contributed by atoms with Gasteiger partial charge in [-0.3, -0.25) is 14.4 Å². The maximum Gasteiger partial charge on any atom is 0.405 e. The van der Waals surface area contributed by atoms with Crippen LogP contribution < -0.4 is 11.1 Å². The highest BCUT2D eigenvalue weighted by Crippen LogP contribution is 2.28. The Morgan fingerprint density at radius 3 is 2.38 bits per heavy atom. The average Bonchev–Trinajstić information content (AvgIpc) is 2.86. The van der Waals surface area contributed by atoms with E-state index >= 15 is 0 Å². The van der Waals surface area contributed by atoms with Crippen LogP contribution in [0.4, 0.5) is 4.79 Å². The molecule has 2 aliphatic rings. The van der Waals surface area contributed by atoms with E-state index in [2.05, 4.69) is 5.32 Å². The van der Waals surface area contributed by atoms with Gasteiger partial charge in [-0.25, -0.2) is 4.79 Å². The van der Waals surface area contributed by atoms with E-state index in [0.717, 1.165) is 6.08 Å². The van der Waals surface area contributed by atoms with E-state index in [-0.39, 0.29) is 41.4 Å². The second-order valence-electron chi connectivity index (χ2n) is 9.88. The zero-order valence-corrected chi connectivity index (χ0v) is 23.1. The first kappa shape index (κ1) is 31.7. The smallest absolute Gasteiger partial charge is 0.405 e. The summed E-state index contributed by atoms with van der Waals surface area (Å²) < 4.78 is 16.0. The van der Waals surface area contributed by atoms with Crippen molar-refractivity contribution in [3.05, 3.63) is 58.6 Å². The fraction of sp³-hybridized carbons (Fsp3) is 0.500. The fourth-order valence-corrected chi connectivity index (χ4v) is 4.57. The zero-order chi connectivity index (χ0) is 29.4. The number of rotatable bonds is 3. The molecule has 11 heteroatoms. The molecule has 1 heterocycles. The number of allylic oxidation sites excluding steroid dienone is 4. The topological polar surface area (TPSA) is 174 Å². The molecule has 5 N–H and O–H groups in total. The lowest BCUT2D eigenvalue weighted by atomic mass is 9.85. The molecule has 11 nitrogen and oxygen atoms in total. The van der Waals surface area contributed by atoms with Gasteiger partial charge in [-0.1, -0.05) is 38.2 Å². The number of hydrogen-bond donors (Lipinski definition) is 4. The highest BCUT2D eigenvalue weighted by Gasteiger charge is 2.33. The first-order chi connectivity index (χ1) is 18.3. The molecule has 0 fully saturated rings. The SMILES string of the molecule is COC1=C2C[C@H](C)C[C@@H](O)[C@H](O)[C@H](C)/C=C(\C)[C@H](OC(N)=O)[C@@H](OC)/C=C/C=C(\C)C(=O)NC(=CC1=O)C2=O. The highest BCUT2D eigenvalue weighted by atomic mass is 16.6. The van der Waals surface area contributed by atoms with E-state index in [4.69, 9.17) is 19.9 Å². The number of nitrogens with one attached hydrogen (secondary N) is 1. The Bertz CT molecular complexity index is 1130. The van der Waals surface area contributed by atoms with Crippen molar-refractivity contribution in [3.8, 4) is 0 Å². The van der Waals surface area contributed by atoms with E-state index in [9.17, 15) is 29.4 Å². The van der Waals surface area contributed by atoms with Gasteiger partial charge >= 0.3 is 6.09 Å². The molecule has 2 bridgehead atoms. The van der Waals surface area contributed by atoms with E-state index in [1.165, 1.54) is 33.3 Å². The molecule has 0 aromatic carbocycles. The van der Waals surface area contributed by atoms with Crippen molar-refractivity contribution >= 4 is 23.6 Å². The third-order valence-electron chi connectivity index (χ3n) is 6.67. The number of nitrogens with two attached hydrogens (primary N) is 1. The van der Waals surface area contributed by atoms with E-state index in [1.807, 2.05) is 0 Å². The molecule has 0 saturated carbocycles. The molecule has 39 heavy (non-hydrogen) atoms. The predicted molar refractivity (Wildman–Crippen MR) is 142 cm³/mol. The summed E-state index contributed by atoms with van der Waals surface area (Å²) in [6.07, 6.45) is 2.19. The number of carbonyl (C=O) groups excluding carboxylic acids is 4. The van der Waals surface area contributed by atoms with Gasteiger partial charge in [-0.2, -0.15) is 0 Å². The lowest BCUT2D eigenvalue weighted by molar-refractivity contribution is -0.120. The van der Waals surface area contributed by atoms with Crippen molar-refractivity contribution in [2.75, 3.05) is 14.2 Å². The van der Waals surface area contributed by atoms with Gasteiger partial charge < -0.3 is 35.5 Å². The van der Waals surface area contributed by atoms with Crippen LogP contribution in [0.3, 0.4) is 0 Å². The first-order valence-corrected chi connectivity index (χ1v) is 12.6. The maximum absolute atomic E-state index is 13.2. The number of methoxy groups -OCH3 is 2. The van der Waals surface area contributed by atoms with Crippen LogP contribution in [0.15, 0.2) is 58.6 Å². The van der Waals surface area contributed by atoms with Gasteiger partial charge in [-0.15, -0.1) is 0 Å². The zero-order valence-electron chi connectivity index (χ0n) is 23.1. The minimum atomic E-state index is -1.20. The van der Waals surface area contributed by atoms with Crippen molar-refractivity contribution in [2.45, 2.75) is 65.0 Å². The molecular formula is C28H38N2O9. The van der Waals surface area contributed by atoms with Crippen LogP contribution in [0.25, 0.3) is 0 Å². The van der Waals surface area contributed by atoms with E-state index in [1.54, 1.807) is 32.9 Å². The second kappa shape index (κ2) is 14.0. The van der Waals surface area contributed by atoms with Crippen molar-refractivity contribution in [2.24, 2.45) is 17.6 Å². The molecule has 6 atom stereocenters. The summed E-state index contributed by atoms with van der Waals surface area (Å²) in [5.41, 5.74) is 5.90. The van der Waals surface area contributed by atoms with Gasteiger partial charge in [0.25, 0.3) is 5.91 Å². The summed E-state index contributed by atoms with van der Waals surface area (Å²) in [6, 6.07) is 0.